The smallest absolute Gasteiger partial charge is 0.144 e. The van der Waals surface area contributed by atoms with Gasteiger partial charge in [0.2, 0.25) is 0 Å². The second-order valence-corrected chi connectivity index (χ2v) is 7.83. The fourth-order valence-corrected chi connectivity index (χ4v) is 4.18. The van der Waals surface area contributed by atoms with Crippen LogP contribution in [0.2, 0.25) is 10.0 Å². The van der Waals surface area contributed by atoms with Gasteiger partial charge < -0.3 is 9.97 Å². The molecule has 0 aliphatic rings. The number of aryl methyl sites for hydroxylation is 1. The fourth-order valence-electron chi connectivity index (χ4n) is 3.72. The minimum Gasteiger partial charge on any atom is -0.354 e. The van der Waals surface area contributed by atoms with Crippen molar-refractivity contribution in [2.75, 3.05) is 0 Å². The van der Waals surface area contributed by atoms with E-state index in [1.165, 1.54) is 6.07 Å². The van der Waals surface area contributed by atoms with Gasteiger partial charge in [0.25, 0.3) is 0 Å². The first-order valence-electron chi connectivity index (χ1n) is 8.98. The number of hydrogen-bond donors (Lipinski definition) is 2. The largest absolute Gasteiger partial charge is 0.354 e. The third-order valence-electron chi connectivity index (χ3n) is 5.16. The molecule has 3 aromatic carbocycles. The molecule has 0 bridgehead atoms. The molecule has 0 atom stereocenters. The molecule has 0 aliphatic heterocycles. The van der Waals surface area contributed by atoms with E-state index in [1.807, 2.05) is 18.2 Å². The molecule has 2 heterocycles. The molecule has 2 nitrogen and oxygen atoms in total. The van der Waals surface area contributed by atoms with Crippen LogP contribution in [0.15, 0.2) is 54.6 Å². The number of fused-ring (bicyclic) bond motifs is 2. The molecule has 5 aromatic rings. The van der Waals surface area contributed by atoms with E-state index < -0.39 is 11.6 Å². The van der Waals surface area contributed by atoms with Gasteiger partial charge >= 0.3 is 0 Å². The molecule has 5 rings (SSSR count). The highest BCUT2D eigenvalue weighted by atomic mass is 35.5. The topological polar surface area (TPSA) is 31.6 Å². The van der Waals surface area contributed by atoms with E-state index in [9.17, 15) is 0 Å². The number of halogens is 4. The number of hydrogen-bond acceptors (Lipinski definition) is 0. The second-order valence-electron chi connectivity index (χ2n) is 7.01. The fraction of sp³-hybridized carbons (Fsp3) is 0.0435. The van der Waals surface area contributed by atoms with Crippen LogP contribution in [-0.2, 0) is 0 Å². The van der Waals surface area contributed by atoms with Crippen molar-refractivity contribution >= 4 is 45.0 Å². The van der Waals surface area contributed by atoms with Gasteiger partial charge in [0.15, 0.2) is 0 Å². The molecule has 2 aromatic heterocycles. The zero-order chi connectivity index (χ0) is 20.3. The van der Waals surface area contributed by atoms with Crippen molar-refractivity contribution in [3.8, 4) is 22.5 Å². The number of H-pyrrole nitrogens is 2. The summed E-state index contributed by atoms with van der Waals surface area (Å²) in [5.41, 5.74) is 2.87. The third-order valence-corrected chi connectivity index (χ3v) is 5.82. The predicted octanol–water partition coefficient (Wildman–Crippen LogP) is 7.88. The van der Waals surface area contributed by atoms with Crippen LogP contribution in [0.3, 0.4) is 0 Å². The van der Waals surface area contributed by atoms with E-state index in [-0.39, 0.29) is 11.1 Å². The second kappa shape index (κ2) is 6.61. The number of aromatic amines is 2. The Labute approximate surface area is 175 Å². The van der Waals surface area contributed by atoms with Gasteiger partial charge in [0.1, 0.15) is 11.6 Å². The van der Waals surface area contributed by atoms with Gasteiger partial charge in [-0.2, -0.15) is 0 Å². The average molecular weight is 427 g/mol. The summed E-state index contributed by atoms with van der Waals surface area (Å²) in [6.45, 7) is 1.62. The van der Waals surface area contributed by atoms with Gasteiger partial charge in [-0.3, -0.25) is 0 Å². The van der Waals surface area contributed by atoms with E-state index >= 15 is 8.78 Å². The molecular formula is C23H14Cl2F2N2. The van der Waals surface area contributed by atoms with E-state index in [4.69, 9.17) is 23.2 Å². The van der Waals surface area contributed by atoms with Gasteiger partial charge in [-0.15, -0.1) is 0 Å². The summed E-state index contributed by atoms with van der Waals surface area (Å²) < 4.78 is 30.6. The number of nitrogens with one attached hydrogen (secondary N) is 2. The van der Waals surface area contributed by atoms with Crippen LogP contribution < -0.4 is 0 Å². The molecule has 144 valence electrons. The van der Waals surface area contributed by atoms with Crippen molar-refractivity contribution < 1.29 is 8.78 Å². The lowest BCUT2D eigenvalue weighted by Gasteiger charge is -2.10. The van der Waals surface area contributed by atoms with Gasteiger partial charge in [-0.25, -0.2) is 8.78 Å². The molecule has 0 radical (unpaired) electrons. The third kappa shape index (κ3) is 2.83. The minimum absolute atomic E-state index is 0.114. The van der Waals surface area contributed by atoms with E-state index in [0.717, 1.165) is 10.9 Å². The summed E-state index contributed by atoms with van der Waals surface area (Å²) in [5.74, 6) is -1.26. The minimum atomic E-state index is -0.654. The first-order valence-corrected chi connectivity index (χ1v) is 9.73. The Morgan fingerprint density at radius 2 is 1.28 bits per heavy atom. The maximum absolute atomic E-state index is 15.6. The maximum Gasteiger partial charge on any atom is 0.144 e. The molecule has 2 N–H and O–H groups in total. The molecule has 0 saturated heterocycles. The summed E-state index contributed by atoms with van der Waals surface area (Å²) in [6, 6.07) is 15.7. The molecule has 0 spiro atoms. The Hall–Kier alpha value is -2.82. The van der Waals surface area contributed by atoms with Crippen LogP contribution in [0.4, 0.5) is 8.78 Å². The molecule has 0 unspecified atom stereocenters. The molecular weight excluding hydrogens is 413 g/mol. The Morgan fingerprint density at radius 1 is 0.724 bits per heavy atom. The highest BCUT2D eigenvalue weighted by Gasteiger charge is 2.22. The predicted molar refractivity (Wildman–Crippen MR) is 116 cm³/mol. The van der Waals surface area contributed by atoms with Crippen LogP contribution >= 0.6 is 23.2 Å². The number of benzene rings is 3. The molecule has 0 fully saturated rings. The monoisotopic (exact) mass is 426 g/mol. The van der Waals surface area contributed by atoms with Crippen LogP contribution in [0.25, 0.3) is 44.3 Å². The SMILES string of the molecule is Cc1cc(-c2cc3c(Cl)cccc3[nH]2)c(F)c(-c2cc3c(Cl)cccc3[nH]2)c1F. The average Bonchev–Trinajstić information content (AvgIpc) is 3.31. The lowest BCUT2D eigenvalue weighted by atomic mass is 10.00. The Kier molecular flexibility index (Phi) is 4.16. The van der Waals surface area contributed by atoms with Crippen molar-refractivity contribution in [3.05, 3.63) is 81.8 Å². The summed E-state index contributed by atoms with van der Waals surface area (Å²) in [4.78, 5) is 6.26. The normalized spacial score (nSPS) is 11.6. The quantitative estimate of drug-likeness (QED) is 0.287. The highest BCUT2D eigenvalue weighted by molar-refractivity contribution is 6.36. The van der Waals surface area contributed by atoms with Crippen molar-refractivity contribution in [1.29, 1.82) is 0 Å². The lowest BCUT2D eigenvalue weighted by Crippen LogP contribution is -1.98. The lowest BCUT2D eigenvalue weighted by molar-refractivity contribution is 0.585. The van der Waals surface area contributed by atoms with Gasteiger partial charge in [0.05, 0.1) is 11.3 Å². The van der Waals surface area contributed by atoms with Gasteiger partial charge in [-0.05, 0) is 55.0 Å². The Balaban J connectivity index is 1.77. The standard InChI is InChI=1S/C23H14Cl2F2N2/c1-11-8-14(19-9-12-15(24)4-2-6-17(12)28-19)23(27)21(22(11)26)20-10-13-16(25)5-3-7-18(13)29-20/h2-10,28-29H,1H3. The summed E-state index contributed by atoms with van der Waals surface area (Å²) in [5, 5.41) is 2.58. The molecule has 0 saturated carbocycles. The van der Waals surface area contributed by atoms with Gasteiger partial charge in [-0.1, -0.05) is 35.3 Å². The molecule has 0 amide bonds. The first kappa shape index (κ1) is 18.2. The molecule has 0 aliphatic carbocycles. The maximum atomic E-state index is 15.6. The molecule has 29 heavy (non-hydrogen) atoms. The number of aromatic nitrogens is 2. The van der Waals surface area contributed by atoms with Crippen LogP contribution in [-0.4, -0.2) is 9.97 Å². The zero-order valence-electron chi connectivity index (χ0n) is 15.2. The summed E-state index contributed by atoms with van der Waals surface area (Å²) in [7, 11) is 0. The van der Waals surface area contributed by atoms with Crippen molar-refractivity contribution in [2.24, 2.45) is 0 Å². The Morgan fingerprint density at radius 3 is 1.86 bits per heavy atom. The zero-order valence-corrected chi connectivity index (χ0v) is 16.7. The van der Waals surface area contributed by atoms with Gasteiger partial charge in [0, 0.05) is 43.1 Å². The van der Waals surface area contributed by atoms with Crippen LogP contribution in [0.5, 0.6) is 0 Å². The highest BCUT2D eigenvalue weighted by Crippen LogP contribution is 2.38. The molecule has 6 heteroatoms. The van der Waals surface area contributed by atoms with Crippen molar-refractivity contribution in [1.82, 2.24) is 9.97 Å². The summed E-state index contributed by atoms with van der Waals surface area (Å²) >= 11 is 12.5. The van der Waals surface area contributed by atoms with Crippen molar-refractivity contribution in [2.45, 2.75) is 6.92 Å². The van der Waals surface area contributed by atoms with E-state index in [1.54, 1.807) is 37.3 Å². The van der Waals surface area contributed by atoms with Crippen molar-refractivity contribution in [3.63, 3.8) is 0 Å². The van der Waals surface area contributed by atoms with Crippen LogP contribution in [0, 0.1) is 18.6 Å². The van der Waals surface area contributed by atoms with E-state index in [2.05, 4.69) is 9.97 Å². The van der Waals surface area contributed by atoms with E-state index in [0.29, 0.717) is 37.9 Å². The first-order chi connectivity index (χ1) is 13.9. The Bertz CT molecular complexity index is 1420. The number of rotatable bonds is 2. The summed E-state index contributed by atoms with van der Waals surface area (Å²) in [6.07, 6.45) is 0. The van der Waals surface area contributed by atoms with Crippen LogP contribution in [0.1, 0.15) is 5.56 Å².